The summed E-state index contributed by atoms with van der Waals surface area (Å²) in [7, 11) is 0. The quantitative estimate of drug-likeness (QED) is 0.264. The largest absolute Gasteiger partial charge is 0.325 e. The van der Waals surface area contributed by atoms with Crippen LogP contribution in [0.3, 0.4) is 0 Å². The molecule has 0 unspecified atom stereocenters. The van der Waals surface area contributed by atoms with Gasteiger partial charge in [0.25, 0.3) is 5.56 Å². The van der Waals surface area contributed by atoms with E-state index in [1.54, 1.807) is 47.8 Å². The molecular formula is C22H16FN3O3S2. The summed E-state index contributed by atoms with van der Waals surface area (Å²) in [6.45, 7) is 1.47. The summed E-state index contributed by atoms with van der Waals surface area (Å²) in [6, 6.07) is 14.2. The summed E-state index contributed by atoms with van der Waals surface area (Å²) in [5.74, 6) is -0.973. The molecule has 4 aromatic rings. The summed E-state index contributed by atoms with van der Waals surface area (Å²) >= 11 is 2.28. The Balaban J connectivity index is 1.60. The van der Waals surface area contributed by atoms with Crippen molar-refractivity contribution >= 4 is 50.7 Å². The molecule has 6 nitrogen and oxygen atoms in total. The average molecular weight is 454 g/mol. The van der Waals surface area contributed by atoms with Crippen molar-refractivity contribution in [2.75, 3.05) is 11.1 Å². The zero-order valence-electron chi connectivity index (χ0n) is 16.3. The van der Waals surface area contributed by atoms with Crippen LogP contribution in [0.25, 0.3) is 15.9 Å². The van der Waals surface area contributed by atoms with Gasteiger partial charge in [0.05, 0.1) is 17.0 Å². The lowest BCUT2D eigenvalue weighted by Gasteiger charge is -2.12. The van der Waals surface area contributed by atoms with Crippen LogP contribution >= 0.6 is 23.1 Å². The maximum absolute atomic E-state index is 14.4. The highest BCUT2D eigenvalue weighted by atomic mass is 32.2. The molecule has 31 heavy (non-hydrogen) atoms. The van der Waals surface area contributed by atoms with E-state index in [1.807, 2.05) is 0 Å². The number of anilines is 1. The first-order chi connectivity index (χ1) is 14.9. The zero-order valence-corrected chi connectivity index (χ0v) is 17.9. The van der Waals surface area contributed by atoms with Crippen molar-refractivity contribution in [1.82, 2.24) is 9.55 Å². The third-order valence-corrected chi connectivity index (χ3v) is 6.28. The molecule has 2 aromatic carbocycles. The topological polar surface area (TPSA) is 81.1 Å². The highest BCUT2D eigenvalue weighted by Crippen LogP contribution is 2.25. The van der Waals surface area contributed by atoms with Crippen molar-refractivity contribution in [1.29, 1.82) is 0 Å². The molecule has 0 spiro atoms. The second kappa shape index (κ2) is 8.83. The van der Waals surface area contributed by atoms with E-state index in [4.69, 9.17) is 0 Å². The van der Waals surface area contributed by atoms with Gasteiger partial charge in [-0.05, 0) is 54.8 Å². The number of ketones is 1. The molecule has 2 aromatic heterocycles. The summed E-state index contributed by atoms with van der Waals surface area (Å²) in [4.78, 5) is 41.3. The molecule has 4 rings (SSSR count). The Morgan fingerprint density at radius 3 is 2.58 bits per heavy atom. The highest BCUT2D eigenvalue weighted by molar-refractivity contribution is 7.99. The van der Waals surface area contributed by atoms with Crippen molar-refractivity contribution < 1.29 is 14.0 Å². The smallest absolute Gasteiger partial charge is 0.276 e. The SMILES string of the molecule is CC(=O)c1ccc(NC(=O)CSc2nc3ccsc3c(=O)n2-c2ccccc2F)cc1. The number of hydrogen-bond donors (Lipinski definition) is 1. The number of nitrogens with zero attached hydrogens (tertiary/aromatic N) is 2. The summed E-state index contributed by atoms with van der Waals surface area (Å²) in [6.07, 6.45) is 0. The second-order valence-corrected chi connectivity index (χ2v) is 8.45. The molecule has 2 heterocycles. The van der Waals surface area contributed by atoms with Gasteiger partial charge in [-0.3, -0.25) is 19.0 Å². The number of aromatic nitrogens is 2. The number of carbonyl (C=O) groups is 2. The first kappa shape index (κ1) is 21.0. The zero-order chi connectivity index (χ0) is 22.0. The Morgan fingerprint density at radius 2 is 1.87 bits per heavy atom. The van der Waals surface area contributed by atoms with Crippen molar-refractivity contribution in [3.63, 3.8) is 0 Å². The molecule has 0 aliphatic heterocycles. The molecular weight excluding hydrogens is 437 g/mol. The summed E-state index contributed by atoms with van der Waals surface area (Å²) in [5.41, 5.74) is 1.30. The van der Waals surface area contributed by atoms with Gasteiger partial charge in [-0.15, -0.1) is 11.3 Å². The first-order valence-corrected chi connectivity index (χ1v) is 11.1. The number of benzene rings is 2. The number of amides is 1. The van der Waals surface area contributed by atoms with Crippen LogP contribution in [0.2, 0.25) is 0 Å². The standard InChI is InChI=1S/C22H16FN3O3S2/c1-13(27)14-6-8-15(9-7-14)24-19(28)12-31-22-25-17-10-11-30-20(17)21(29)26(22)18-5-3-2-4-16(18)23/h2-11H,12H2,1H3,(H,24,28). The van der Waals surface area contributed by atoms with E-state index in [9.17, 15) is 18.8 Å². The van der Waals surface area contributed by atoms with Crippen LogP contribution in [0.5, 0.6) is 0 Å². The minimum Gasteiger partial charge on any atom is -0.325 e. The number of rotatable bonds is 6. The number of fused-ring (bicyclic) bond motifs is 1. The van der Waals surface area contributed by atoms with Crippen LogP contribution in [-0.4, -0.2) is 27.0 Å². The van der Waals surface area contributed by atoms with Crippen LogP contribution < -0.4 is 10.9 Å². The number of thioether (sulfide) groups is 1. The van der Waals surface area contributed by atoms with Crippen molar-refractivity contribution in [3.8, 4) is 5.69 Å². The fourth-order valence-corrected chi connectivity index (χ4v) is 4.51. The minimum absolute atomic E-state index is 0.0367. The van der Waals surface area contributed by atoms with Crippen molar-refractivity contribution in [2.24, 2.45) is 0 Å². The third-order valence-electron chi connectivity index (χ3n) is 4.45. The molecule has 0 bridgehead atoms. The monoisotopic (exact) mass is 453 g/mol. The van der Waals surface area contributed by atoms with E-state index in [0.717, 1.165) is 11.8 Å². The normalized spacial score (nSPS) is 10.9. The molecule has 0 atom stereocenters. The lowest BCUT2D eigenvalue weighted by molar-refractivity contribution is -0.113. The van der Waals surface area contributed by atoms with E-state index in [2.05, 4.69) is 10.3 Å². The number of Topliss-reactive ketones (excluding diaryl/α,β-unsaturated/α-hetero) is 1. The number of thiophene rings is 1. The third kappa shape index (κ3) is 4.42. The van der Waals surface area contributed by atoms with Gasteiger partial charge < -0.3 is 5.32 Å². The number of para-hydroxylation sites is 1. The molecule has 0 fully saturated rings. The Hall–Kier alpha value is -3.30. The van der Waals surface area contributed by atoms with E-state index in [1.165, 1.54) is 35.0 Å². The van der Waals surface area contributed by atoms with E-state index in [-0.39, 0.29) is 33.8 Å². The number of carbonyl (C=O) groups excluding carboxylic acids is 2. The molecule has 0 saturated heterocycles. The number of hydrogen-bond acceptors (Lipinski definition) is 6. The van der Waals surface area contributed by atoms with Gasteiger partial charge in [-0.25, -0.2) is 9.37 Å². The van der Waals surface area contributed by atoms with Crippen LogP contribution in [0.1, 0.15) is 17.3 Å². The molecule has 0 aliphatic carbocycles. The van der Waals surface area contributed by atoms with Gasteiger partial charge in [0.1, 0.15) is 10.5 Å². The summed E-state index contributed by atoms with van der Waals surface area (Å²) in [5, 5.41) is 4.71. The molecule has 1 N–H and O–H groups in total. The highest BCUT2D eigenvalue weighted by Gasteiger charge is 2.18. The molecule has 0 radical (unpaired) electrons. The summed E-state index contributed by atoms with van der Waals surface area (Å²) < 4.78 is 16.1. The maximum Gasteiger partial charge on any atom is 0.276 e. The van der Waals surface area contributed by atoms with E-state index in [0.29, 0.717) is 21.5 Å². The second-order valence-electron chi connectivity index (χ2n) is 6.59. The predicted octanol–water partition coefficient (Wildman–Crippen LogP) is 4.52. The Bertz CT molecular complexity index is 1350. The molecule has 1 amide bonds. The van der Waals surface area contributed by atoms with Crippen LogP contribution in [0.4, 0.5) is 10.1 Å². The number of halogens is 1. The minimum atomic E-state index is -0.556. The van der Waals surface area contributed by atoms with E-state index >= 15 is 0 Å². The number of nitrogens with one attached hydrogen (secondary N) is 1. The van der Waals surface area contributed by atoms with Crippen molar-refractivity contribution in [2.45, 2.75) is 12.1 Å². The van der Waals surface area contributed by atoms with Gasteiger partial charge in [-0.1, -0.05) is 23.9 Å². The van der Waals surface area contributed by atoms with Gasteiger partial charge in [0.2, 0.25) is 5.91 Å². The Labute approximate surface area is 184 Å². The first-order valence-electron chi connectivity index (χ1n) is 9.23. The Kier molecular flexibility index (Phi) is 5.97. The lowest BCUT2D eigenvalue weighted by Crippen LogP contribution is -2.23. The van der Waals surface area contributed by atoms with Crippen molar-refractivity contribution in [3.05, 3.63) is 81.7 Å². The molecule has 0 aliphatic rings. The molecule has 0 saturated carbocycles. The van der Waals surface area contributed by atoms with Crippen LogP contribution in [0, 0.1) is 5.82 Å². The average Bonchev–Trinajstić information content (AvgIpc) is 3.23. The molecule has 156 valence electrons. The predicted molar refractivity (Wildman–Crippen MR) is 121 cm³/mol. The fourth-order valence-electron chi connectivity index (χ4n) is 2.95. The van der Waals surface area contributed by atoms with Gasteiger partial charge in [0, 0.05) is 11.3 Å². The van der Waals surface area contributed by atoms with Crippen LogP contribution in [0.15, 0.2) is 69.9 Å². The van der Waals surface area contributed by atoms with E-state index < -0.39 is 5.82 Å². The van der Waals surface area contributed by atoms with Gasteiger partial charge in [-0.2, -0.15) is 0 Å². The molecule has 9 heteroatoms. The fraction of sp³-hybridized carbons (Fsp3) is 0.0909. The van der Waals surface area contributed by atoms with Gasteiger partial charge >= 0.3 is 0 Å². The maximum atomic E-state index is 14.4. The lowest BCUT2D eigenvalue weighted by atomic mass is 10.1. The Morgan fingerprint density at radius 1 is 1.13 bits per heavy atom. The van der Waals surface area contributed by atoms with Gasteiger partial charge in [0.15, 0.2) is 10.9 Å². The van der Waals surface area contributed by atoms with Crippen LogP contribution in [-0.2, 0) is 4.79 Å².